The highest BCUT2D eigenvalue weighted by Crippen LogP contribution is 2.25. The third-order valence-corrected chi connectivity index (χ3v) is 4.08. The van der Waals surface area contributed by atoms with E-state index in [0.717, 1.165) is 6.42 Å². The predicted octanol–water partition coefficient (Wildman–Crippen LogP) is 3.65. The number of nitrogens with two attached hydrogens (primary N) is 1. The van der Waals surface area contributed by atoms with E-state index in [-0.39, 0.29) is 0 Å². The second-order valence-electron chi connectivity index (χ2n) is 6.06. The highest BCUT2D eigenvalue weighted by molar-refractivity contribution is 5.46. The molecule has 21 heavy (non-hydrogen) atoms. The van der Waals surface area contributed by atoms with Crippen molar-refractivity contribution in [1.29, 1.82) is 0 Å². The van der Waals surface area contributed by atoms with E-state index in [2.05, 4.69) is 75.3 Å². The van der Waals surface area contributed by atoms with Crippen LogP contribution in [-0.4, -0.2) is 20.6 Å². The van der Waals surface area contributed by atoms with Crippen LogP contribution in [0.1, 0.15) is 28.2 Å². The fraction of sp³-hybridized carbons (Fsp3) is 0.368. The molecule has 0 aliphatic carbocycles. The van der Waals surface area contributed by atoms with Crippen molar-refractivity contribution < 1.29 is 0 Å². The van der Waals surface area contributed by atoms with Gasteiger partial charge < -0.3 is 10.6 Å². The monoisotopic (exact) mass is 282 g/mol. The number of benzene rings is 2. The highest BCUT2D eigenvalue weighted by Gasteiger charge is 2.13. The molecule has 0 aromatic heterocycles. The first-order valence-electron chi connectivity index (χ1n) is 7.54. The lowest BCUT2D eigenvalue weighted by Gasteiger charge is -2.19. The smallest absolute Gasteiger partial charge is 0.0361 e. The van der Waals surface area contributed by atoms with Crippen LogP contribution in [0, 0.1) is 13.8 Å². The summed E-state index contributed by atoms with van der Waals surface area (Å²) in [4.78, 5) is 2.12. The van der Waals surface area contributed by atoms with Gasteiger partial charge in [-0.15, -0.1) is 0 Å². The predicted molar refractivity (Wildman–Crippen MR) is 92.2 cm³/mol. The van der Waals surface area contributed by atoms with Crippen LogP contribution < -0.4 is 10.6 Å². The second-order valence-corrected chi connectivity index (χ2v) is 6.06. The van der Waals surface area contributed by atoms with Gasteiger partial charge in [0, 0.05) is 25.7 Å². The van der Waals surface area contributed by atoms with Crippen LogP contribution in [0.25, 0.3) is 0 Å². The minimum Gasteiger partial charge on any atom is -0.378 e. The lowest BCUT2D eigenvalue weighted by atomic mass is 9.88. The fourth-order valence-corrected chi connectivity index (χ4v) is 2.82. The Bertz CT molecular complexity index is 585. The minimum atomic E-state index is 0.385. The van der Waals surface area contributed by atoms with E-state index in [4.69, 9.17) is 5.73 Å². The molecule has 2 aromatic rings. The Kier molecular flexibility index (Phi) is 5.03. The maximum atomic E-state index is 6.03. The number of hydrogen-bond donors (Lipinski definition) is 1. The van der Waals surface area contributed by atoms with E-state index >= 15 is 0 Å². The van der Waals surface area contributed by atoms with Crippen molar-refractivity contribution in [3.8, 4) is 0 Å². The molecule has 2 N–H and O–H groups in total. The van der Waals surface area contributed by atoms with Crippen molar-refractivity contribution in [2.45, 2.75) is 26.2 Å². The van der Waals surface area contributed by atoms with Crippen LogP contribution in [0.4, 0.5) is 5.69 Å². The molecule has 2 nitrogen and oxygen atoms in total. The van der Waals surface area contributed by atoms with E-state index in [1.54, 1.807) is 0 Å². The van der Waals surface area contributed by atoms with E-state index < -0.39 is 0 Å². The van der Waals surface area contributed by atoms with Crippen molar-refractivity contribution in [1.82, 2.24) is 0 Å². The molecular weight excluding hydrogens is 256 g/mol. The van der Waals surface area contributed by atoms with Crippen LogP contribution >= 0.6 is 0 Å². The number of aryl methyl sites for hydroxylation is 2. The molecule has 2 heteroatoms. The van der Waals surface area contributed by atoms with Crippen LogP contribution in [0.2, 0.25) is 0 Å². The summed E-state index contributed by atoms with van der Waals surface area (Å²) in [5.41, 5.74) is 12.6. The van der Waals surface area contributed by atoms with Gasteiger partial charge in [0.15, 0.2) is 0 Å². The standard InChI is InChI=1S/C19H26N2/c1-14-5-10-19(15(2)11-14)17(13-20)12-16-6-8-18(9-7-16)21(3)4/h5-11,17H,12-13,20H2,1-4H3. The van der Waals surface area contributed by atoms with Crippen molar-refractivity contribution in [2.75, 3.05) is 25.5 Å². The third kappa shape index (κ3) is 3.85. The Morgan fingerprint density at radius 2 is 1.67 bits per heavy atom. The molecule has 2 rings (SSSR count). The summed E-state index contributed by atoms with van der Waals surface area (Å²) in [6.07, 6.45) is 0.994. The molecular formula is C19H26N2. The van der Waals surface area contributed by atoms with Crippen molar-refractivity contribution >= 4 is 5.69 Å². The summed E-state index contributed by atoms with van der Waals surface area (Å²) in [7, 11) is 4.13. The normalized spacial score (nSPS) is 12.2. The van der Waals surface area contributed by atoms with Gasteiger partial charge in [-0.25, -0.2) is 0 Å². The summed E-state index contributed by atoms with van der Waals surface area (Å²) in [5, 5.41) is 0. The number of hydrogen-bond acceptors (Lipinski definition) is 2. The topological polar surface area (TPSA) is 29.3 Å². The Labute approximate surface area is 128 Å². The summed E-state index contributed by atoms with van der Waals surface area (Å²) in [6, 6.07) is 15.4. The molecule has 112 valence electrons. The average molecular weight is 282 g/mol. The lowest BCUT2D eigenvalue weighted by molar-refractivity contribution is 0.689. The molecule has 0 saturated heterocycles. The largest absolute Gasteiger partial charge is 0.378 e. The quantitative estimate of drug-likeness (QED) is 0.907. The van der Waals surface area contributed by atoms with E-state index in [9.17, 15) is 0 Å². The summed E-state index contributed by atoms with van der Waals surface area (Å²) >= 11 is 0. The molecule has 2 aromatic carbocycles. The van der Waals surface area contributed by atoms with Crippen molar-refractivity contribution in [3.05, 3.63) is 64.7 Å². The number of rotatable bonds is 5. The van der Waals surface area contributed by atoms with Gasteiger partial charge >= 0.3 is 0 Å². The van der Waals surface area contributed by atoms with Gasteiger partial charge in [-0.1, -0.05) is 35.9 Å². The lowest BCUT2D eigenvalue weighted by Crippen LogP contribution is -2.16. The van der Waals surface area contributed by atoms with Gasteiger partial charge in [-0.2, -0.15) is 0 Å². The van der Waals surface area contributed by atoms with Crippen LogP contribution in [0.5, 0.6) is 0 Å². The molecule has 0 spiro atoms. The van der Waals surface area contributed by atoms with Gasteiger partial charge in [0.25, 0.3) is 0 Å². The zero-order valence-electron chi connectivity index (χ0n) is 13.6. The first-order valence-corrected chi connectivity index (χ1v) is 7.54. The summed E-state index contributed by atoms with van der Waals surface area (Å²) in [6.45, 7) is 4.99. The number of nitrogens with zero attached hydrogens (tertiary/aromatic N) is 1. The highest BCUT2D eigenvalue weighted by atomic mass is 15.1. The van der Waals surface area contributed by atoms with Crippen molar-refractivity contribution in [3.63, 3.8) is 0 Å². The number of anilines is 1. The molecule has 0 saturated carbocycles. The summed E-state index contributed by atoms with van der Waals surface area (Å²) in [5.74, 6) is 0.385. The first kappa shape index (κ1) is 15.6. The van der Waals surface area contributed by atoms with Crippen LogP contribution in [0.3, 0.4) is 0 Å². The Morgan fingerprint density at radius 3 is 2.19 bits per heavy atom. The SMILES string of the molecule is Cc1ccc(C(CN)Cc2ccc(N(C)C)cc2)c(C)c1. The van der Waals surface area contributed by atoms with Gasteiger partial charge in [0.2, 0.25) is 0 Å². The van der Waals surface area contributed by atoms with E-state index in [1.165, 1.54) is 27.9 Å². The molecule has 0 radical (unpaired) electrons. The first-order chi connectivity index (χ1) is 10.0. The van der Waals surface area contributed by atoms with Crippen LogP contribution in [0.15, 0.2) is 42.5 Å². The maximum absolute atomic E-state index is 6.03. The average Bonchev–Trinajstić information content (AvgIpc) is 2.46. The molecule has 0 bridgehead atoms. The molecule has 0 amide bonds. The van der Waals surface area contributed by atoms with Crippen LogP contribution in [-0.2, 0) is 6.42 Å². The Hall–Kier alpha value is -1.80. The minimum absolute atomic E-state index is 0.385. The Morgan fingerprint density at radius 1 is 1.00 bits per heavy atom. The summed E-state index contributed by atoms with van der Waals surface area (Å²) < 4.78 is 0. The zero-order chi connectivity index (χ0) is 15.4. The maximum Gasteiger partial charge on any atom is 0.0361 e. The molecule has 1 atom stereocenters. The van der Waals surface area contributed by atoms with Crippen molar-refractivity contribution in [2.24, 2.45) is 5.73 Å². The molecule has 0 fully saturated rings. The fourth-order valence-electron chi connectivity index (χ4n) is 2.82. The molecule has 0 aliphatic heterocycles. The molecule has 0 heterocycles. The molecule has 0 aliphatic rings. The zero-order valence-corrected chi connectivity index (χ0v) is 13.6. The van der Waals surface area contributed by atoms with Gasteiger partial charge in [0.05, 0.1) is 0 Å². The van der Waals surface area contributed by atoms with Gasteiger partial charge in [0.1, 0.15) is 0 Å². The molecule has 1 unspecified atom stereocenters. The Balaban J connectivity index is 2.18. The van der Waals surface area contributed by atoms with E-state index in [1.807, 2.05) is 0 Å². The third-order valence-electron chi connectivity index (χ3n) is 4.08. The van der Waals surface area contributed by atoms with E-state index in [0.29, 0.717) is 12.5 Å². The second kappa shape index (κ2) is 6.77. The van der Waals surface area contributed by atoms with Gasteiger partial charge in [-0.05, 0) is 55.6 Å². The van der Waals surface area contributed by atoms with Gasteiger partial charge in [-0.3, -0.25) is 0 Å².